The first-order chi connectivity index (χ1) is 6.70. The summed E-state index contributed by atoms with van der Waals surface area (Å²) in [5, 5.41) is 10.3. The van der Waals surface area contributed by atoms with Gasteiger partial charge in [-0.1, -0.05) is 13.8 Å². The summed E-state index contributed by atoms with van der Waals surface area (Å²) in [5.41, 5.74) is 0. The average Bonchev–Trinajstić information content (AvgIpc) is 3.04. The molecule has 5 unspecified atom stereocenters. The highest BCUT2D eigenvalue weighted by molar-refractivity contribution is 5.23. The third kappa shape index (κ3) is 0.743. The standard InChI is InChI=1S/C13H20O/c1-5(2)13(14)12-10-6-3-7(6)11(12)9-4-8(9)10/h5-14H,3-4H2,1-2H3. The fourth-order valence-electron chi connectivity index (χ4n) is 5.17. The van der Waals surface area contributed by atoms with Crippen molar-refractivity contribution in [3.05, 3.63) is 0 Å². The Morgan fingerprint density at radius 2 is 1.36 bits per heavy atom. The van der Waals surface area contributed by atoms with Crippen molar-refractivity contribution in [3.63, 3.8) is 0 Å². The van der Waals surface area contributed by atoms with Crippen LogP contribution in [0.5, 0.6) is 0 Å². The van der Waals surface area contributed by atoms with E-state index in [4.69, 9.17) is 0 Å². The number of rotatable bonds is 2. The number of hydrogen-bond acceptors (Lipinski definition) is 1. The minimum absolute atomic E-state index is 0.00519. The maximum absolute atomic E-state index is 10.3. The Morgan fingerprint density at radius 3 is 1.71 bits per heavy atom. The molecule has 4 aliphatic rings. The monoisotopic (exact) mass is 192 g/mol. The van der Waals surface area contributed by atoms with Crippen molar-refractivity contribution < 1.29 is 5.11 Å². The molecule has 78 valence electrons. The molecule has 0 aromatic carbocycles. The summed E-state index contributed by atoms with van der Waals surface area (Å²) in [4.78, 5) is 0. The van der Waals surface area contributed by atoms with Crippen LogP contribution < -0.4 is 0 Å². The first kappa shape index (κ1) is 8.15. The van der Waals surface area contributed by atoms with Gasteiger partial charge in [-0.25, -0.2) is 0 Å². The van der Waals surface area contributed by atoms with Crippen LogP contribution in [0.3, 0.4) is 0 Å². The summed E-state index contributed by atoms with van der Waals surface area (Å²) < 4.78 is 0. The second-order valence-corrected chi connectivity index (χ2v) is 6.59. The third-order valence-electron chi connectivity index (χ3n) is 5.73. The van der Waals surface area contributed by atoms with Crippen molar-refractivity contribution in [2.75, 3.05) is 0 Å². The molecule has 0 aromatic rings. The summed E-state index contributed by atoms with van der Waals surface area (Å²) in [5.74, 6) is 7.32. The van der Waals surface area contributed by atoms with Gasteiger partial charge in [0, 0.05) is 0 Å². The van der Waals surface area contributed by atoms with Gasteiger partial charge in [0.05, 0.1) is 6.10 Å². The second-order valence-electron chi connectivity index (χ2n) is 6.59. The number of aliphatic hydroxyl groups excluding tert-OH is 1. The van der Waals surface area contributed by atoms with Crippen LogP contribution in [0.15, 0.2) is 0 Å². The zero-order valence-corrected chi connectivity index (χ0v) is 9.06. The van der Waals surface area contributed by atoms with E-state index in [-0.39, 0.29) is 6.10 Å². The zero-order valence-electron chi connectivity index (χ0n) is 9.06. The van der Waals surface area contributed by atoms with E-state index in [2.05, 4.69) is 13.8 Å². The predicted octanol–water partition coefficient (Wildman–Crippen LogP) is 2.15. The van der Waals surface area contributed by atoms with Crippen molar-refractivity contribution in [1.82, 2.24) is 0 Å². The highest BCUT2D eigenvalue weighted by atomic mass is 16.3. The van der Waals surface area contributed by atoms with E-state index >= 15 is 0 Å². The smallest absolute Gasteiger partial charge is 0.0596 e. The van der Waals surface area contributed by atoms with Gasteiger partial charge in [-0.3, -0.25) is 0 Å². The molecule has 4 rings (SSSR count). The van der Waals surface area contributed by atoms with Crippen molar-refractivity contribution in [2.24, 2.45) is 47.3 Å². The highest BCUT2D eigenvalue weighted by Crippen LogP contribution is 2.80. The molecule has 0 aliphatic heterocycles. The number of fused-ring (bicyclic) bond motifs is 8. The van der Waals surface area contributed by atoms with E-state index < -0.39 is 0 Å². The van der Waals surface area contributed by atoms with Crippen LogP contribution in [-0.4, -0.2) is 11.2 Å². The molecule has 0 spiro atoms. The lowest BCUT2D eigenvalue weighted by Crippen LogP contribution is -2.33. The van der Waals surface area contributed by atoms with E-state index in [9.17, 15) is 5.11 Å². The summed E-state index contributed by atoms with van der Waals surface area (Å²) in [6, 6.07) is 0. The lowest BCUT2D eigenvalue weighted by molar-refractivity contribution is 0.0233. The van der Waals surface area contributed by atoms with E-state index in [0.717, 1.165) is 35.5 Å². The predicted molar refractivity (Wildman–Crippen MR) is 54.5 cm³/mol. The quantitative estimate of drug-likeness (QED) is 0.711. The molecule has 0 saturated heterocycles. The molecule has 4 fully saturated rings. The SMILES string of the molecule is CC(C)C(O)C1C2C3CC3C1C1CC12. The van der Waals surface area contributed by atoms with Crippen LogP contribution in [0.1, 0.15) is 26.7 Å². The summed E-state index contributed by atoms with van der Waals surface area (Å²) in [7, 11) is 0. The Hall–Kier alpha value is -0.0400. The fourth-order valence-corrected chi connectivity index (χ4v) is 5.17. The van der Waals surface area contributed by atoms with Crippen LogP contribution >= 0.6 is 0 Å². The number of aliphatic hydroxyl groups is 1. The zero-order chi connectivity index (χ0) is 9.61. The number of hydrogen-bond donors (Lipinski definition) is 1. The molecular weight excluding hydrogens is 172 g/mol. The van der Waals surface area contributed by atoms with Crippen molar-refractivity contribution in [3.8, 4) is 0 Å². The van der Waals surface area contributed by atoms with Gasteiger partial charge in [0.25, 0.3) is 0 Å². The summed E-state index contributed by atoms with van der Waals surface area (Å²) in [6.07, 6.45) is 3.04. The molecule has 0 aromatic heterocycles. The van der Waals surface area contributed by atoms with Gasteiger partial charge in [0.2, 0.25) is 0 Å². The molecule has 1 N–H and O–H groups in total. The fraction of sp³-hybridized carbons (Fsp3) is 1.00. The molecule has 14 heavy (non-hydrogen) atoms. The van der Waals surface area contributed by atoms with Crippen molar-refractivity contribution in [1.29, 1.82) is 0 Å². The van der Waals surface area contributed by atoms with Gasteiger partial charge in [-0.15, -0.1) is 0 Å². The molecule has 1 heteroatoms. The molecule has 0 radical (unpaired) electrons. The minimum atomic E-state index is 0.00519. The summed E-state index contributed by atoms with van der Waals surface area (Å²) in [6.45, 7) is 4.36. The van der Waals surface area contributed by atoms with Crippen LogP contribution in [0.2, 0.25) is 0 Å². The highest BCUT2D eigenvalue weighted by Gasteiger charge is 2.75. The third-order valence-corrected chi connectivity index (χ3v) is 5.73. The maximum Gasteiger partial charge on any atom is 0.0596 e. The van der Waals surface area contributed by atoms with Crippen molar-refractivity contribution in [2.45, 2.75) is 32.8 Å². The van der Waals surface area contributed by atoms with Gasteiger partial charge in [0.15, 0.2) is 0 Å². The van der Waals surface area contributed by atoms with Crippen LogP contribution in [-0.2, 0) is 0 Å². The van der Waals surface area contributed by atoms with Gasteiger partial charge in [0.1, 0.15) is 0 Å². The molecular formula is C13H20O. The maximum atomic E-state index is 10.3. The molecule has 1 nitrogen and oxygen atoms in total. The molecule has 4 saturated carbocycles. The van der Waals surface area contributed by atoms with Crippen LogP contribution in [0.25, 0.3) is 0 Å². The van der Waals surface area contributed by atoms with Gasteiger partial charge >= 0.3 is 0 Å². The van der Waals surface area contributed by atoms with Gasteiger partial charge in [-0.2, -0.15) is 0 Å². The normalized spacial score (nSPS) is 63.9. The van der Waals surface area contributed by atoms with E-state index in [1.165, 1.54) is 12.8 Å². The topological polar surface area (TPSA) is 20.2 Å². The Bertz CT molecular complexity index is 247. The van der Waals surface area contributed by atoms with Crippen molar-refractivity contribution >= 4 is 0 Å². The van der Waals surface area contributed by atoms with E-state index in [1.807, 2.05) is 0 Å². The van der Waals surface area contributed by atoms with Gasteiger partial charge < -0.3 is 5.11 Å². The molecule has 5 atom stereocenters. The first-order valence-corrected chi connectivity index (χ1v) is 6.38. The largest absolute Gasteiger partial charge is 0.393 e. The lowest BCUT2D eigenvalue weighted by Gasteiger charge is -2.30. The van der Waals surface area contributed by atoms with Gasteiger partial charge in [-0.05, 0) is 60.2 Å². The molecule has 0 amide bonds. The molecule has 2 bridgehead atoms. The Balaban J connectivity index is 1.65. The first-order valence-electron chi connectivity index (χ1n) is 6.38. The van der Waals surface area contributed by atoms with E-state index in [0.29, 0.717) is 11.8 Å². The minimum Gasteiger partial charge on any atom is -0.393 e. The Kier molecular flexibility index (Phi) is 1.29. The van der Waals surface area contributed by atoms with Crippen LogP contribution in [0.4, 0.5) is 0 Å². The van der Waals surface area contributed by atoms with E-state index in [1.54, 1.807) is 0 Å². The average molecular weight is 192 g/mol. The second kappa shape index (κ2) is 2.21. The molecule has 0 heterocycles. The molecule has 4 aliphatic carbocycles. The Morgan fingerprint density at radius 1 is 0.929 bits per heavy atom. The Labute approximate surface area is 85.9 Å². The van der Waals surface area contributed by atoms with Crippen LogP contribution in [0, 0.1) is 47.3 Å². The lowest BCUT2D eigenvalue weighted by atomic mass is 9.79. The summed E-state index contributed by atoms with van der Waals surface area (Å²) >= 11 is 0.